The number of hydrogen-bond donors (Lipinski definition) is 0. The van der Waals surface area contributed by atoms with Gasteiger partial charge in [0.05, 0.1) is 0 Å². The first-order chi connectivity index (χ1) is 2.56. The van der Waals surface area contributed by atoms with Gasteiger partial charge < -0.3 is 5.32 Å². The maximum Gasteiger partial charge on any atom is 0 e. The Morgan fingerprint density at radius 3 is 1.29 bits per heavy atom. The Labute approximate surface area is 60.1 Å². The molecule has 0 aromatic carbocycles. The average Bonchev–Trinajstić information content (AvgIpc) is 1.35. The van der Waals surface area contributed by atoms with Crippen molar-refractivity contribution < 1.29 is 21.1 Å². The molecule has 0 N–H and O–H groups in total. The first-order valence-corrected chi connectivity index (χ1v) is 2.17. The van der Waals surface area contributed by atoms with E-state index in [4.69, 9.17) is 0 Å². The summed E-state index contributed by atoms with van der Waals surface area (Å²) in [6.45, 7) is 6.23. The van der Waals surface area contributed by atoms with Crippen LogP contribution in [0.25, 0.3) is 5.32 Å². The topological polar surface area (TPSA) is 14.1 Å². The Balaban J connectivity index is 0. The number of rotatable bonds is 0. The molecule has 0 fully saturated rings. The van der Waals surface area contributed by atoms with Crippen LogP contribution in [0.3, 0.4) is 0 Å². The minimum absolute atomic E-state index is 0. The second-order valence-corrected chi connectivity index (χ2v) is 2.39. The maximum atomic E-state index is 4.02. The molecule has 0 atom stereocenters. The number of hydrogen-bond acceptors (Lipinski definition) is 0. The Morgan fingerprint density at radius 2 is 1.29 bits per heavy atom. The van der Waals surface area contributed by atoms with E-state index in [1.807, 2.05) is 7.05 Å². The monoisotopic (exact) mass is 270 g/mol. The van der Waals surface area contributed by atoms with E-state index in [-0.39, 0.29) is 26.6 Å². The van der Waals surface area contributed by atoms with Crippen molar-refractivity contribution in [2.24, 2.45) is 0 Å². The van der Waals surface area contributed by atoms with Crippen LogP contribution in [0, 0.1) is 0 Å². The number of nitrogens with zero attached hydrogens (tertiary/aromatic N) is 1. The van der Waals surface area contributed by atoms with E-state index < -0.39 is 0 Å². The van der Waals surface area contributed by atoms with Crippen LogP contribution in [-0.2, 0) is 21.1 Å². The van der Waals surface area contributed by atoms with Crippen molar-refractivity contribution >= 4 is 0 Å². The fourth-order valence-electron chi connectivity index (χ4n) is 0. The molecule has 0 saturated carbocycles. The Bertz CT molecular complexity index is 37.8. The van der Waals surface area contributed by atoms with Gasteiger partial charge in [-0.1, -0.05) is 20.8 Å². The third-order valence-electron chi connectivity index (χ3n) is 0.671. The van der Waals surface area contributed by atoms with E-state index >= 15 is 0 Å². The second kappa shape index (κ2) is 3.63. The Kier molecular flexibility index (Phi) is 5.49. The van der Waals surface area contributed by atoms with Crippen molar-refractivity contribution in [3.05, 3.63) is 5.32 Å². The zero-order chi connectivity index (χ0) is 5.21. The molecule has 44 valence electrons. The predicted octanol–water partition coefficient (Wildman–Crippen LogP) is 1.79. The van der Waals surface area contributed by atoms with Crippen LogP contribution in [0.4, 0.5) is 0 Å². The van der Waals surface area contributed by atoms with Crippen LogP contribution in [0.5, 0.6) is 0 Å². The molecule has 0 unspecified atom stereocenters. The maximum absolute atomic E-state index is 4.02. The summed E-state index contributed by atoms with van der Waals surface area (Å²) < 4.78 is 0. The minimum atomic E-state index is 0. The van der Waals surface area contributed by atoms with Crippen molar-refractivity contribution in [3.8, 4) is 0 Å². The van der Waals surface area contributed by atoms with Gasteiger partial charge in [0.2, 0.25) is 0 Å². The molecular weight excluding hydrogens is 258 g/mol. The average molecular weight is 270 g/mol. The van der Waals surface area contributed by atoms with Crippen molar-refractivity contribution in [2.75, 3.05) is 7.05 Å². The standard InChI is InChI=1S/C5H12N.W/c1-5(2,3)6-4;/h1-4H3;/q-1;. The van der Waals surface area contributed by atoms with Gasteiger partial charge in [-0.05, 0) is 0 Å². The molecule has 0 aromatic heterocycles. The van der Waals surface area contributed by atoms with Crippen LogP contribution in [-0.4, -0.2) is 12.6 Å². The second-order valence-electron chi connectivity index (χ2n) is 2.39. The summed E-state index contributed by atoms with van der Waals surface area (Å²) in [5.41, 5.74) is 0.167. The molecule has 0 amide bonds. The Morgan fingerprint density at radius 1 is 1.14 bits per heavy atom. The summed E-state index contributed by atoms with van der Waals surface area (Å²) in [6.07, 6.45) is 0. The molecule has 7 heavy (non-hydrogen) atoms. The molecule has 0 aromatic rings. The summed E-state index contributed by atoms with van der Waals surface area (Å²) in [5.74, 6) is 0. The summed E-state index contributed by atoms with van der Waals surface area (Å²) >= 11 is 0. The molecule has 0 bridgehead atoms. The van der Waals surface area contributed by atoms with E-state index in [1.54, 1.807) is 0 Å². The van der Waals surface area contributed by atoms with Gasteiger partial charge in [-0.3, -0.25) is 0 Å². The molecule has 0 rings (SSSR count). The Hall–Kier alpha value is 0.648. The fourth-order valence-corrected chi connectivity index (χ4v) is 0. The third kappa shape index (κ3) is 10.8. The summed E-state index contributed by atoms with van der Waals surface area (Å²) in [7, 11) is 1.83. The summed E-state index contributed by atoms with van der Waals surface area (Å²) in [5, 5.41) is 4.02. The van der Waals surface area contributed by atoms with E-state index in [0.29, 0.717) is 0 Å². The molecule has 1 nitrogen and oxygen atoms in total. The molecule has 0 radical (unpaired) electrons. The summed E-state index contributed by atoms with van der Waals surface area (Å²) in [6, 6.07) is 0. The van der Waals surface area contributed by atoms with Gasteiger partial charge in [-0.2, -0.15) is 7.05 Å². The van der Waals surface area contributed by atoms with Gasteiger partial charge in [0.25, 0.3) is 0 Å². The molecular formula is C5H12NW-. The molecule has 0 aliphatic carbocycles. The minimum Gasteiger partial charge on any atom is -0.660 e. The van der Waals surface area contributed by atoms with Gasteiger partial charge in [-0.25, -0.2) is 0 Å². The van der Waals surface area contributed by atoms with Crippen LogP contribution in [0.2, 0.25) is 0 Å². The largest absolute Gasteiger partial charge is 0.660 e. The van der Waals surface area contributed by atoms with E-state index in [2.05, 4.69) is 26.1 Å². The molecule has 2 heteroatoms. The van der Waals surface area contributed by atoms with E-state index in [0.717, 1.165) is 0 Å². The molecule has 0 aliphatic rings. The predicted molar refractivity (Wildman–Crippen MR) is 29.0 cm³/mol. The van der Waals surface area contributed by atoms with Crippen molar-refractivity contribution in [1.82, 2.24) is 0 Å². The van der Waals surface area contributed by atoms with Gasteiger partial charge in [0, 0.05) is 21.1 Å². The zero-order valence-electron chi connectivity index (χ0n) is 5.36. The van der Waals surface area contributed by atoms with Crippen LogP contribution < -0.4 is 0 Å². The van der Waals surface area contributed by atoms with Crippen molar-refractivity contribution in [2.45, 2.75) is 26.3 Å². The smallest absolute Gasteiger partial charge is 0 e. The fraction of sp³-hybridized carbons (Fsp3) is 1.00. The van der Waals surface area contributed by atoms with Gasteiger partial charge in [-0.15, -0.1) is 5.54 Å². The van der Waals surface area contributed by atoms with Crippen molar-refractivity contribution in [3.63, 3.8) is 0 Å². The zero-order valence-corrected chi connectivity index (χ0v) is 8.29. The van der Waals surface area contributed by atoms with Crippen LogP contribution in [0.1, 0.15) is 20.8 Å². The summed E-state index contributed by atoms with van der Waals surface area (Å²) in [4.78, 5) is 0. The van der Waals surface area contributed by atoms with Crippen LogP contribution in [0.15, 0.2) is 0 Å². The molecule has 0 heterocycles. The quantitative estimate of drug-likeness (QED) is 0.637. The first-order valence-electron chi connectivity index (χ1n) is 2.17. The third-order valence-corrected chi connectivity index (χ3v) is 0.671. The van der Waals surface area contributed by atoms with E-state index in [9.17, 15) is 0 Å². The van der Waals surface area contributed by atoms with Gasteiger partial charge in [0.15, 0.2) is 0 Å². The SMILES string of the molecule is C[N-]C(C)(C)C.[W]. The molecule has 0 aliphatic heterocycles. The van der Waals surface area contributed by atoms with Gasteiger partial charge >= 0.3 is 0 Å². The van der Waals surface area contributed by atoms with Crippen LogP contribution >= 0.6 is 0 Å². The molecule has 0 spiro atoms. The first kappa shape index (κ1) is 10.6. The molecule has 0 saturated heterocycles. The van der Waals surface area contributed by atoms with Gasteiger partial charge in [0.1, 0.15) is 0 Å². The van der Waals surface area contributed by atoms with E-state index in [1.165, 1.54) is 0 Å². The normalized spacial score (nSPS) is 10.3. The van der Waals surface area contributed by atoms with Crippen molar-refractivity contribution in [1.29, 1.82) is 0 Å².